The van der Waals surface area contributed by atoms with Crippen LogP contribution in [0.1, 0.15) is 5.89 Å². The fourth-order valence-corrected chi connectivity index (χ4v) is 2.73. The number of fused-ring (bicyclic) bond motifs is 2. The van der Waals surface area contributed by atoms with Crippen LogP contribution < -0.4 is 4.90 Å². The first-order valence-electron chi connectivity index (χ1n) is 8.01. The summed E-state index contributed by atoms with van der Waals surface area (Å²) in [7, 11) is 1.75. The molecule has 4 nitrogen and oxygen atoms in total. The molecular formula is C21H16N2O2. The van der Waals surface area contributed by atoms with Gasteiger partial charge in [0.2, 0.25) is 5.89 Å². The predicted molar refractivity (Wildman–Crippen MR) is 100 cm³/mol. The van der Waals surface area contributed by atoms with E-state index in [0.717, 1.165) is 22.0 Å². The van der Waals surface area contributed by atoms with Gasteiger partial charge in [-0.1, -0.05) is 42.5 Å². The van der Waals surface area contributed by atoms with Gasteiger partial charge in [0.05, 0.1) is 0 Å². The summed E-state index contributed by atoms with van der Waals surface area (Å²) in [5.41, 5.74) is 2.32. The third kappa shape index (κ3) is 3.02. The molecule has 4 aromatic rings. The van der Waals surface area contributed by atoms with Crippen molar-refractivity contribution >= 4 is 39.5 Å². The van der Waals surface area contributed by atoms with Crippen LogP contribution in [-0.4, -0.2) is 17.9 Å². The monoisotopic (exact) mass is 328 g/mol. The van der Waals surface area contributed by atoms with Crippen LogP contribution in [0.3, 0.4) is 0 Å². The average Bonchev–Trinajstić information content (AvgIpc) is 3.08. The molecule has 122 valence electrons. The number of benzene rings is 3. The van der Waals surface area contributed by atoms with Crippen molar-refractivity contribution in [1.82, 2.24) is 4.98 Å². The molecule has 4 heteroatoms. The lowest BCUT2D eigenvalue weighted by atomic mass is 10.1. The van der Waals surface area contributed by atoms with E-state index in [-0.39, 0.29) is 5.91 Å². The molecule has 0 saturated carbocycles. The third-order valence-electron chi connectivity index (χ3n) is 4.13. The van der Waals surface area contributed by atoms with Gasteiger partial charge in [-0.05, 0) is 35.0 Å². The summed E-state index contributed by atoms with van der Waals surface area (Å²) in [5.74, 6) is 0.277. The van der Waals surface area contributed by atoms with Crippen LogP contribution in [0.4, 0.5) is 5.69 Å². The van der Waals surface area contributed by atoms with Crippen LogP contribution in [0.5, 0.6) is 0 Å². The molecule has 1 amide bonds. The van der Waals surface area contributed by atoms with Crippen molar-refractivity contribution in [3.8, 4) is 0 Å². The van der Waals surface area contributed by atoms with E-state index in [0.29, 0.717) is 11.5 Å². The molecule has 1 aromatic heterocycles. The summed E-state index contributed by atoms with van der Waals surface area (Å²) in [6.45, 7) is 0. The van der Waals surface area contributed by atoms with E-state index in [9.17, 15) is 4.79 Å². The molecule has 0 unspecified atom stereocenters. The number of para-hydroxylation sites is 2. The molecule has 4 rings (SSSR count). The lowest BCUT2D eigenvalue weighted by molar-refractivity contribution is -0.113. The second-order valence-electron chi connectivity index (χ2n) is 5.78. The molecule has 25 heavy (non-hydrogen) atoms. The molecule has 0 saturated heterocycles. The largest absolute Gasteiger partial charge is 0.437 e. The minimum absolute atomic E-state index is 0.141. The zero-order valence-electron chi connectivity index (χ0n) is 13.7. The average molecular weight is 328 g/mol. The number of nitrogens with zero attached hydrogens (tertiary/aromatic N) is 2. The lowest BCUT2D eigenvalue weighted by Crippen LogP contribution is -2.23. The number of oxazole rings is 1. The van der Waals surface area contributed by atoms with E-state index in [4.69, 9.17) is 4.42 Å². The first kappa shape index (κ1) is 15.1. The smallest absolute Gasteiger partial charge is 0.250 e. The quantitative estimate of drug-likeness (QED) is 0.514. The van der Waals surface area contributed by atoms with Gasteiger partial charge < -0.3 is 9.32 Å². The van der Waals surface area contributed by atoms with Gasteiger partial charge in [0.15, 0.2) is 5.58 Å². The fourth-order valence-electron chi connectivity index (χ4n) is 2.73. The second kappa shape index (κ2) is 6.24. The minimum atomic E-state index is -0.141. The van der Waals surface area contributed by atoms with Crippen molar-refractivity contribution in [2.75, 3.05) is 11.9 Å². The number of amides is 1. The van der Waals surface area contributed by atoms with Crippen LogP contribution in [0.25, 0.3) is 27.9 Å². The van der Waals surface area contributed by atoms with E-state index in [1.54, 1.807) is 18.0 Å². The van der Waals surface area contributed by atoms with Gasteiger partial charge in [-0.2, -0.15) is 0 Å². The second-order valence-corrected chi connectivity index (χ2v) is 5.78. The molecule has 0 spiro atoms. The topological polar surface area (TPSA) is 46.3 Å². The fraction of sp³-hybridized carbons (Fsp3) is 0.0476. The van der Waals surface area contributed by atoms with Crippen molar-refractivity contribution in [3.63, 3.8) is 0 Å². The van der Waals surface area contributed by atoms with Crippen molar-refractivity contribution in [1.29, 1.82) is 0 Å². The number of hydrogen-bond acceptors (Lipinski definition) is 3. The van der Waals surface area contributed by atoms with Crippen LogP contribution in [-0.2, 0) is 4.79 Å². The Bertz CT molecular complexity index is 1060. The molecule has 0 aliphatic heterocycles. The number of likely N-dealkylation sites (N-methyl/N-ethyl adjacent to an activating group) is 1. The molecule has 0 atom stereocenters. The van der Waals surface area contributed by atoms with Crippen molar-refractivity contribution < 1.29 is 9.21 Å². The van der Waals surface area contributed by atoms with Gasteiger partial charge in [0.25, 0.3) is 5.91 Å². The molecule has 0 fully saturated rings. The summed E-state index contributed by atoms with van der Waals surface area (Å²) in [5, 5.41) is 2.25. The first-order valence-corrected chi connectivity index (χ1v) is 8.01. The van der Waals surface area contributed by atoms with Crippen LogP contribution in [0, 0.1) is 0 Å². The van der Waals surface area contributed by atoms with Crippen molar-refractivity contribution in [2.45, 2.75) is 0 Å². The van der Waals surface area contributed by atoms with Gasteiger partial charge in [-0.3, -0.25) is 4.79 Å². The number of carbonyl (C=O) groups is 1. The van der Waals surface area contributed by atoms with E-state index >= 15 is 0 Å². The summed E-state index contributed by atoms with van der Waals surface area (Å²) >= 11 is 0. The van der Waals surface area contributed by atoms with Gasteiger partial charge in [0, 0.05) is 24.9 Å². The summed E-state index contributed by atoms with van der Waals surface area (Å²) in [4.78, 5) is 18.4. The Morgan fingerprint density at radius 3 is 2.60 bits per heavy atom. The Morgan fingerprint density at radius 1 is 1.00 bits per heavy atom. The molecular weight excluding hydrogens is 312 g/mol. The number of anilines is 1. The van der Waals surface area contributed by atoms with E-state index in [1.807, 2.05) is 66.7 Å². The van der Waals surface area contributed by atoms with Crippen LogP contribution in [0.2, 0.25) is 0 Å². The highest BCUT2D eigenvalue weighted by Gasteiger charge is 2.09. The van der Waals surface area contributed by atoms with Gasteiger partial charge in [0.1, 0.15) is 5.52 Å². The van der Waals surface area contributed by atoms with Crippen LogP contribution >= 0.6 is 0 Å². The molecule has 0 aliphatic rings. The zero-order chi connectivity index (χ0) is 17.2. The van der Waals surface area contributed by atoms with Gasteiger partial charge >= 0.3 is 0 Å². The molecule has 0 N–H and O–H groups in total. The van der Waals surface area contributed by atoms with Gasteiger partial charge in [-0.15, -0.1) is 0 Å². The normalized spacial score (nSPS) is 11.4. The molecule has 0 aliphatic carbocycles. The molecule has 0 radical (unpaired) electrons. The number of hydrogen-bond donors (Lipinski definition) is 0. The SMILES string of the molecule is CN(C(=O)/C=C/c1nc2ccccc2o1)c1ccc2ccccc2c1. The highest BCUT2D eigenvalue weighted by molar-refractivity contribution is 6.04. The minimum Gasteiger partial charge on any atom is -0.437 e. The summed E-state index contributed by atoms with van der Waals surface area (Å²) in [6, 6.07) is 21.5. The summed E-state index contributed by atoms with van der Waals surface area (Å²) < 4.78 is 5.59. The standard InChI is InChI=1S/C21H16N2O2/c1-23(17-11-10-15-6-2-3-7-16(15)14-17)21(24)13-12-20-22-18-8-4-5-9-19(18)25-20/h2-14H,1H3/b13-12+. The Morgan fingerprint density at radius 2 is 1.76 bits per heavy atom. The van der Waals surface area contributed by atoms with E-state index in [1.165, 1.54) is 6.08 Å². The van der Waals surface area contributed by atoms with Crippen molar-refractivity contribution in [3.05, 3.63) is 78.7 Å². The lowest BCUT2D eigenvalue weighted by Gasteiger charge is -2.15. The first-order chi connectivity index (χ1) is 12.2. The van der Waals surface area contributed by atoms with E-state index < -0.39 is 0 Å². The van der Waals surface area contributed by atoms with E-state index in [2.05, 4.69) is 4.98 Å². The molecule has 3 aromatic carbocycles. The van der Waals surface area contributed by atoms with Gasteiger partial charge in [-0.25, -0.2) is 4.98 Å². The highest BCUT2D eigenvalue weighted by Crippen LogP contribution is 2.22. The maximum Gasteiger partial charge on any atom is 0.250 e. The Hall–Kier alpha value is -3.40. The molecule has 0 bridgehead atoms. The maximum atomic E-state index is 12.4. The predicted octanol–water partition coefficient (Wildman–Crippen LogP) is 4.66. The zero-order valence-corrected chi connectivity index (χ0v) is 13.7. The number of rotatable bonds is 3. The van der Waals surface area contributed by atoms with Crippen LogP contribution in [0.15, 0.2) is 77.2 Å². The Labute approximate surface area is 145 Å². The number of carbonyl (C=O) groups excluding carboxylic acids is 1. The van der Waals surface area contributed by atoms with Crippen molar-refractivity contribution in [2.24, 2.45) is 0 Å². The highest BCUT2D eigenvalue weighted by atomic mass is 16.3. The summed E-state index contributed by atoms with van der Waals surface area (Å²) in [6.07, 6.45) is 3.07. The molecule has 1 heterocycles. The maximum absolute atomic E-state index is 12.4. The Kier molecular flexibility index (Phi) is 3.78. The third-order valence-corrected chi connectivity index (χ3v) is 4.13. The Balaban J connectivity index is 1.56. The number of aromatic nitrogens is 1.